The lowest BCUT2D eigenvalue weighted by Gasteiger charge is -2.21. The summed E-state index contributed by atoms with van der Waals surface area (Å²) in [6.45, 7) is 1.87. The number of ketones is 1. The van der Waals surface area contributed by atoms with Gasteiger partial charge < -0.3 is 10.6 Å². The molecule has 0 fully saturated rings. The van der Waals surface area contributed by atoms with Crippen LogP contribution in [0.2, 0.25) is 0 Å². The summed E-state index contributed by atoms with van der Waals surface area (Å²) in [6.07, 6.45) is -5.79. The molecule has 0 aliphatic heterocycles. The van der Waals surface area contributed by atoms with E-state index in [0.717, 1.165) is 17.7 Å². The van der Waals surface area contributed by atoms with Crippen LogP contribution in [0.4, 0.5) is 18.9 Å². The highest BCUT2D eigenvalue weighted by molar-refractivity contribution is 6.05. The molecule has 7 heteroatoms. The zero-order valence-electron chi connectivity index (χ0n) is 16.0. The Kier molecular flexibility index (Phi) is 6.20. The number of alkyl halides is 3. The van der Waals surface area contributed by atoms with E-state index in [9.17, 15) is 22.8 Å². The number of nitrogens with one attached hydrogen (secondary N) is 2. The Hall–Kier alpha value is -3.61. The van der Waals surface area contributed by atoms with Gasteiger partial charge in [0.25, 0.3) is 5.91 Å². The summed E-state index contributed by atoms with van der Waals surface area (Å²) < 4.78 is 39.1. The molecule has 0 aliphatic carbocycles. The predicted molar refractivity (Wildman–Crippen MR) is 108 cm³/mol. The van der Waals surface area contributed by atoms with Crippen molar-refractivity contribution in [2.45, 2.75) is 19.3 Å². The molecule has 0 aliphatic rings. The molecule has 1 amide bonds. The maximum absolute atomic E-state index is 13.0. The second-order valence-electron chi connectivity index (χ2n) is 6.73. The van der Waals surface area contributed by atoms with Crippen molar-refractivity contribution in [1.29, 1.82) is 0 Å². The number of amides is 1. The van der Waals surface area contributed by atoms with Gasteiger partial charge in [-0.25, -0.2) is 0 Å². The third-order valence-corrected chi connectivity index (χ3v) is 4.41. The molecule has 1 unspecified atom stereocenters. The largest absolute Gasteiger partial charge is 0.416 e. The van der Waals surface area contributed by atoms with Crippen LogP contribution in [0.1, 0.15) is 31.8 Å². The summed E-state index contributed by atoms with van der Waals surface area (Å²) in [6, 6.07) is 19.4. The van der Waals surface area contributed by atoms with Crippen LogP contribution >= 0.6 is 0 Å². The first-order chi connectivity index (χ1) is 14.2. The summed E-state index contributed by atoms with van der Waals surface area (Å²) in [5.41, 5.74) is 0.806. The highest BCUT2D eigenvalue weighted by Crippen LogP contribution is 2.30. The third-order valence-electron chi connectivity index (χ3n) is 4.41. The van der Waals surface area contributed by atoms with Crippen LogP contribution in [0.5, 0.6) is 0 Å². The standard InChI is InChI=1S/C23H19F3N2O2/c1-15-10-12-17(13-11-15)22(30)28-21(20(29)16-6-3-2-4-7-16)27-19-9-5-8-18(14-19)23(24,25)26/h2-14,21,27H,1H3,(H,28,30). The van der Waals surface area contributed by atoms with Gasteiger partial charge in [-0.3, -0.25) is 9.59 Å². The number of rotatable bonds is 6. The Bertz CT molecular complexity index is 1030. The molecule has 0 spiro atoms. The van der Waals surface area contributed by atoms with Crippen LogP contribution in [0.15, 0.2) is 78.9 Å². The van der Waals surface area contributed by atoms with Crippen LogP contribution in [0.25, 0.3) is 0 Å². The zero-order chi connectivity index (χ0) is 21.7. The lowest BCUT2D eigenvalue weighted by molar-refractivity contribution is -0.137. The van der Waals surface area contributed by atoms with Crippen LogP contribution in [-0.2, 0) is 6.18 Å². The maximum atomic E-state index is 13.0. The predicted octanol–water partition coefficient (Wildman–Crippen LogP) is 5.06. The number of benzene rings is 3. The molecule has 0 saturated carbocycles. The molecular weight excluding hydrogens is 393 g/mol. The van der Waals surface area contributed by atoms with Crippen molar-refractivity contribution in [3.8, 4) is 0 Å². The minimum atomic E-state index is -4.53. The van der Waals surface area contributed by atoms with E-state index in [1.54, 1.807) is 54.6 Å². The number of aryl methyl sites for hydroxylation is 1. The minimum Gasteiger partial charge on any atom is -0.359 e. The molecular formula is C23H19F3N2O2. The van der Waals surface area contributed by atoms with Crippen molar-refractivity contribution >= 4 is 17.4 Å². The van der Waals surface area contributed by atoms with Crippen LogP contribution in [-0.4, -0.2) is 17.9 Å². The summed E-state index contributed by atoms with van der Waals surface area (Å²) in [7, 11) is 0. The van der Waals surface area contributed by atoms with E-state index in [4.69, 9.17) is 0 Å². The number of hydrogen-bond acceptors (Lipinski definition) is 3. The summed E-state index contributed by atoms with van der Waals surface area (Å²) in [5, 5.41) is 5.30. The first kappa shape index (κ1) is 21.1. The summed E-state index contributed by atoms with van der Waals surface area (Å²) in [4.78, 5) is 25.6. The van der Waals surface area contributed by atoms with Gasteiger partial charge in [-0.15, -0.1) is 0 Å². The molecule has 0 heterocycles. The average molecular weight is 412 g/mol. The second-order valence-corrected chi connectivity index (χ2v) is 6.73. The van der Waals surface area contributed by atoms with Crippen molar-refractivity contribution < 1.29 is 22.8 Å². The van der Waals surface area contributed by atoms with Gasteiger partial charge in [0.05, 0.1) is 5.56 Å². The first-order valence-electron chi connectivity index (χ1n) is 9.14. The number of anilines is 1. The summed E-state index contributed by atoms with van der Waals surface area (Å²) >= 11 is 0. The van der Waals surface area contributed by atoms with Crippen molar-refractivity contribution in [3.05, 3.63) is 101 Å². The minimum absolute atomic E-state index is 0.0586. The normalized spacial score (nSPS) is 12.1. The van der Waals surface area contributed by atoms with Crippen molar-refractivity contribution in [2.75, 3.05) is 5.32 Å². The quantitative estimate of drug-likeness (QED) is 0.439. The average Bonchev–Trinajstić information content (AvgIpc) is 2.73. The Balaban J connectivity index is 1.89. The van der Waals surface area contributed by atoms with Gasteiger partial charge in [0.1, 0.15) is 0 Å². The van der Waals surface area contributed by atoms with Crippen molar-refractivity contribution in [2.24, 2.45) is 0 Å². The van der Waals surface area contributed by atoms with E-state index in [-0.39, 0.29) is 5.69 Å². The van der Waals surface area contributed by atoms with Gasteiger partial charge in [-0.05, 0) is 37.3 Å². The van der Waals surface area contributed by atoms with E-state index in [1.165, 1.54) is 12.1 Å². The lowest BCUT2D eigenvalue weighted by atomic mass is 10.1. The topological polar surface area (TPSA) is 58.2 Å². The number of halogens is 3. The Labute approximate surface area is 171 Å². The first-order valence-corrected chi connectivity index (χ1v) is 9.14. The Morgan fingerprint density at radius 2 is 1.50 bits per heavy atom. The van der Waals surface area contributed by atoms with E-state index in [1.807, 2.05) is 6.92 Å². The van der Waals surface area contributed by atoms with E-state index in [0.29, 0.717) is 11.1 Å². The second kappa shape index (κ2) is 8.82. The zero-order valence-corrected chi connectivity index (χ0v) is 16.0. The van der Waals surface area contributed by atoms with E-state index >= 15 is 0 Å². The molecule has 0 aromatic heterocycles. The third kappa shape index (κ3) is 5.26. The molecule has 3 aromatic carbocycles. The molecule has 2 N–H and O–H groups in total. The SMILES string of the molecule is Cc1ccc(C(=O)NC(Nc2cccc(C(F)(F)F)c2)C(=O)c2ccccc2)cc1. The van der Waals surface area contributed by atoms with E-state index in [2.05, 4.69) is 10.6 Å². The van der Waals surface area contributed by atoms with Crippen LogP contribution in [0, 0.1) is 6.92 Å². The van der Waals surface area contributed by atoms with Crippen molar-refractivity contribution in [3.63, 3.8) is 0 Å². The van der Waals surface area contributed by atoms with Gasteiger partial charge in [0.2, 0.25) is 5.78 Å². The molecule has 154 valence electrons. The smallest absolute Gasteiger partial charge is 0.359 e. The highest BCUT2D eigenvalue weighted by Gasteiger charge is 2.31. The number of hydrogen-bond donors (Lipinski definition) is 2. The Morgan fingerprint density at radius 3 is 2.13 bits per heavy atom. The van der Waals surface area contributed by atoms with Gasteiger partial charge in [0, 0.05) is 16.8 Å². The maximum Gasteiger partial charge on any atom is 0.416 e. The molecule has 4 nitrogen and oxygen atoms in total. The Morgan fingerprint density at radius 1 is 0.833 bits per heavy atom. The number of Topliss-reactive ketones (excluding diaryl/α,β-unsaturated/α-hetero) is 1. The molecule has 3 aromatic rings. The molecule has 3 rings (SSSR count). The lowest BCUT2D eigenvalue weighted by Crippen LogP contribution is -2.46. The van der Waals surface area contributed by atoms with Gasteiger partial charge >= 0.3 is 6.18 Å². The fraction of sp³-hybridized carbons (Fsp3) is 0.130. The van der Waals surface area contributed by atoms with Gasteiger partial charge in [-0.1, -0.05) is 54.1 Å². The monoisotopic (exact) mass is 412 g/mol. The van der Waals surface area contributed by atoms with Gasteiger partial charge in [-0.2, -0.15) is 13.2 Å². The van der Waals surface area contributed by atoms with Crippen LogP contribution < -0.4 is 10.6 Å². The van der Waals surface area contributed by atoms with Crippen molar-refractivity contribution in [1.82, 2.24) is 5.32 Å². The van der Waals surface area contributed by atoms with Crippen LogP contribution in [0.3, 0.4) is 0 Å². The molecule has 0 bridgehead atoms. The molecule has 30 heavy (non-hydrogen) atoms. The van der Waals surface area contributed by atoms with E-state index < -0.39 is 29.6 Å². The molecule has 1 atom stereocenters. The summed E-state index contributed by atoms with van der Waals surface area (Å²) in [5.74, 6) is -1.00. The van der Waals surface area contributed by atoms with Gasteiger partial charge in [0.15, 0.2) is 6.17 Å². The highest BCUT2D eigenvalue weighted by atomic mass is 19.4. The fourth-order valence-corrected chi connectivity index (χ4v) is 2.81. The number of carbonyl (C=O) groups is 2. The fourth-order valence-electron chi connectivity index (χ4n) is 2.81. The molecule has 0 saturated heterocycles. The number of carbonyl (C=O) groups excluding carboxylic acids is 2. The molecule has 0 radical (unpaired) electrons.